The Morgan fingerprint density at radius 1 is 1.34 bits per heavy atom. The Morgan fingerprint density at radius 2 is 2.07 bits per heavy atom. The van der Waals surface area contributed by atoms with E-state index in [1.54, 1.807) is 0 Å². The molecule has 1 aliphatic heterocycles. The first-order valence-electron chi connectivity index (χ1n) is 9.91. The van der Waals surface area contributed by atoms with Crippen LogP contribution in [0.25, 0.3) is 10.9 Å². The van der Waals surface area contributed by atoms with Gasteiger partial charge >= 0.3 is 6.09 Å². The molecule has 1 aliphatic carbocycles. The fourth-order valence-electron chi connectivity index (χ4n) is 4.07. The van der Waals surface area contributed by atoms with Gasteiger partial charge in [-0.05, 0) is 39.3 Å². The lowest BCUT2D eigenvalue weighted by atomic mass is 9.79. The maximum Gasteiger partial charge on any atom is 0.411 e. The number of nitrogen functional groups attached to an aromatic ring is 1. The predicted molar refractivity (Wildman–Crippen MR) is 112 cm³/mol. The average Bonchev–Trinajstić information content (AvgIpc) is 3.23. The molecule has 7 nitrogen and oxygen atoms in total. The summed E-state index contributed by atoms with van der Waals surface area (Å²) in [5.41, 5.74) is 9.89. The van der Waals surface area contributed by atoms with E-state index in [1.165, 1.54) is 0 Å². The van der Waals surface area contributed by atoms with Gasteiger partial charge in [-0.15, -0.1) is 0 Å². The van der Waals surface area contributed by atoms with Gasteiger partial charge in [-0.3, -0.25) is 5.32 Å². The number of nitrogens with one attached hydrogen (secondary N) is 1. The quantitative estimate of drug-likeness (QED) is 0.807. The fourth-order valence-corrected chi connectivity index (χ4v) is 4.07. The first kappa shape index (κ1) is 19.2. The summed E-state index contributed by atoms with van der Waals surface area (Å²) in [6.45, 7) is 8.91. The van der Waals surface area contributed by atoms with Gasteiger partial charge in [0.1, 0.15) is 0 Å². The van der Waals surface area contributed by atoms with Crippen LogP contribution < -0.4 is 20.5 Å². The lowest BCUT2D eigenvalue weighted by Gasteiger charge is -2.30. The largest absolute Gasteiger partial charge is 0.454 e. The van der Waals surface area contributed by atoms with Gasteiger partial charge in [0.15, 0.2) is 11.5 Å². The number of ether oxygens (including phenoxy) is 3. The smallest absolute Gasteiger partial charge is 0.411 e. The molecule has 1 aromatic heterocycles. The molecule has 0 saturated heterocycles. The molecule has 1 amide bonds. The number of fused-ring (bicyclic) bond motifs is 2. The van der Waals surface area contributed by atoms with Gasteiger partial charge in [-0.25, -0.2) is 4.79 Å². The molecule has 0 radical (unpaired) electrons. The summed E-state index contributed by atoms with van der Waals surface area (Å²) in [5, 5.41) is 3.75. The molecule has 0 bridgehead atoms. The molecule has 7 heteroatoms. The third-order valence-corrected chi connectivity index (χ3v) is 5.42. The molecule has 4 rings (SSSR count). The summed E-state index contributed by atoms with van der Waals surface area (Å²) in [7, 11) is 0. The van der Waals surface area contributed by atoms with Crippen LogP contribution in [0, 0.1) is 0 Å². The Hall–Kier alpha value is -3.09. The minimum atomic E-state index is -0.448. The van der Waals surface area contributed by atoms with Gasteiger partial charge in [0.2, 0.25) is 6.79 Å². The number of hydrogen-bond donors (Lipinski definition) is 2. The van der Waals surface area contributed by atoms with Gasteiger partial charge in [0.05, 0.1) is 23.0 Å². The van der Waals surface area contributed by atoms with Crippen LogP contribution >= 0.6 is 0 Å². The molecule has 2 aromatic rings. The summed E-state index contributed by atoms with van der Waals surface area (Å²) in [6, 6.07) is 3.96. The van der Waals surface area contributed by atoms with Crippen LogP contribution in [0.4, 0.5) is 10.5 Å². The van der Waals surface area contributed by atoms with Crippen molar-refractivity contribution in [2.45, 2.75) is 52.2 Å². The number of carbonyl (C=O) groups excluding carboxylic acids is 1. The van der Waals surface area contributed by atoms with Crippen molar-refractivity contribution in [1.29, 1.82) is 0 Å². The Morgan fingerprint density at radius 3 is 2.69 bits per heavy atom. The second kappa shape index (κ2) is 7.06. The Bertz CT molecular complexity index is 1030. The van der Waals surface area contributed by atoms with E-state index in [0.717, 1.165) is 46.0 Å². The molecule has 0 unspecified atom stereocenters. The number of carbonyl (C=O) groups is 1. The van der Waals surface area contributed by atoms with Crippen molar-refractivity contribution in [3.63, 3.8) is 0 Å². The zero-order chi connectivity index (χ0) is 20.8. The highest BCUT2D eigenvalue weighted by Crippen LogP contribution is 2.45. The van der Waals surface area contributed by atoms with Crippen LogP contribution in [-0.2, 0) is 16.7 Å². The number of hydrogen-bond acceptors (Lipinski definition) is 5. The molecule has 1 atom stereocenters. The average molecular weight is 397 g/mol. The normalized spacial score (nSPS) is 20.2. The zero-order valence-electron chi connectivity index (χ0n) is 17.2. The molecular weight excluding hydrogens is 370 g/mol. The zero-order valence-corrected chi connectivity index (χ0v) is 17.2. The fraction of sp³-hybridized carbons (Fsp3) is 0.409. The highest BCUT2D eigenvalue weighted by atomic mass is 16.7. The van der Waals surface area contributed by atoms with Gasteiger partial charge in [0.25, 0.3) is 0 Å². The van der Waals surface area contributed by atoms with Crippen molar-refractivity contribution in [3.05, 3.63) is 41.8 Å². The highest BCUT2D eigenvalue weighted by molar-refractivity contribution is 5.97. The first-order chi connectivity index (χ1) is 13.8. The second-order valence-electron chi connectivity index (χ2n) is 7.92. The third kappa shape index (κ3) is 3.30. The van der Waals surface area contributed by atoms with E-state index in [1.807, 2.05) is 38.1 Å². The number of nitrogens with zero attached hydrogens (tertiary/aromatic N) is 1. The van der Waals surface area contributed by atoms with Crippen molar-refractivity contribution >= 4 is 22.7 Å². The van der Waals surface area contributed by atoms with Crippen LogP contribution in [0.5, 0.6) is 11.5 Å². The molecular formula is C22H27N3O4. The van der Waals surface area contributed by atoms with E-state index in [4.69, 9.17) is 19.9 Å². The van der Waals surface area contributed by atoms with E-state index in [9.17, 15) is 4.79 Å². The maximum atomic E-state index is 11.9. The molecule has 0 saturated carbocycles. The number of rotatable bonds is 4. The van der Waals surface area contributed by atoms with Gasteiger partial charge in [0, 0.05) is 29.1 Å². The van der Waals surface area contributed by atoms with Crippen molar-refractivity contribution in [2.24, 2.45) is 0 Å². The molecule has 3 N–H and O–H groups in total. The van der Waals surface area contributed by atoms with E-state index < -0.39 is 6.09 Å². The van der Waals surface area contributed by atoms with E-state index in [-0.39, 0.29) is 18.3 Å². The van der Waals surface area contributed by atoms with Crippen LogP contribution in [0.2, 0.25) is 0 Å². The lowest BCUT2D eigenvalue weighted by molar-refractivity contribution is 0.118. The highest BCUT2D eigenvalue weighted by Gasteiger charge is 2.33. The summed E-state index contributed by atoms with van der Waals surface area (Å²) >= 11 is 0. The monoisotopic (exact) mass is 397 g/mol. The van der Waals surface area contributed by atoms with E-state index in [0.29, 0.717) is 6.42 Å². The van der Waals surface area contributed by atoms with Crippen LogP contribution in [-0.4, -0.2) is 23.6 Å². The SMILES string of the molecule is CCn1c([C@]2(C)C=CC(NC(=O)OC(C)C)=CC2)c(N)c2cc3c(cc21)OCO3. The number of anilines is 1. The number of allylic oxidation sites excluding steroid dienone is 3. The van der Waals surface area contributed by atoms with Gasteiger partial charge in [-0.1, -0.05) is 19.1 Å². The van der Waals surface area contributed by atoms with Gasteiger partial charge < -0.3 is 24.5 Å². The summed E-state index contributed by atoms with van der Waals surface area (Å²) in [4.78, 5) is 11.9. The van der Waals surface area contributed by atoms with Crippen LogP contribution in [0.15, 0.2) is 36.1 Å². The summed E-state index contributed by atoms with van der Waals surface area (Å²) in [5.74, 6) is 1.47. The maximum absolute atomic E-state index is 11.9. The first-order valence-corrected chi connectivity index (χ1v) is 9.91. The third-order valence-electron chi connectivity index (χ3n) is 5.42. The standard InChI is InChI=1S/C22H27N3O4/c1-5-25-16-11-18-17(27-12-28-18)10-15(16)19(23)20(25)22(4)8-6-14(7-9-22)24-21(26)29-13(2)3/h6-8,10-11,13H,5,9,12,23H2,1-4H3,(H,24,26)/t22-/m1/s1. The lowest BCUT2D eigenvalue weighted by Crippen LogP contribution is -2.30. The Balaban J connectivity index is 1.67. The molecule has 0 spiro atoms. The minimum Gasteiger partial charge on any atom is -0.454 e. The number of alkyl carbamates (subject to hydrolysis) is 1. The molecule has 2 heterocycles. The number of aromatic nitrogens is 1. The number of benzene rings is 1. The summed E-state index contributed by atoms with van der Waals surface area (Å²) < 4.78 is 18.5. The van der Waals surface area contributed by atoms with Crippen molar-refractivity contribution in [3.8, 4) is 11.5 Å². The molecule has 29 heavy (non-hydrogen) atoms. The van der Waals surface area contributed by atoms with Gasteiger partial charge in [-0.2, -0.15) is 0 Å². The van der Waals surface area contributed by atoms with Crippen LogP contribution in [0.3, 0.4) is 0 Å². The predicted octanol–water partition coefficient (Wildman–Crippen LogP) is 4.21. The summed E-state index contributed by atoms with van der Waals surface area (Å²) in [6.07, 6.45) is 6.10. The molecule has 2 aliphatic rings. The van der Waals surface area contributed by atoms with E-state index in [2.05, 4.69) is 29.8 Å². The van der Waals surface area contributed by atoms with Crippen molar-refractivity contribution in [1.82, 2.24) is 9.88 Å². The molecule has 1 aromatic carbocycles. The van der Waals surface area contributed by atoms with E-state index >= 15 is 0 Å². The van der Waals surface area contributed by atoms with Crippen LogP contribution in [0.1, 0.15) is 39.8 Å². The second-order valence-corrected chi connectivity index (χ2v) is 7.92. The molecule has 0 fully saturated rings. The number of aryl methyl sites for hydroxylation is 1. The number of nitrogens with two attached hydrogens (primary N) is 1. The van der Waals surface area contributed by atoms with Crippen molar-refractivity contribution in [2.75, 3.05) is 12.5 Å². The Kier molecular flexibility index (Phi) is 4.68. The topological polar surface area (TPSA) is 87.7 Å². The number of amides is 1. The minimum absolute atomic E-state index is 0.164. The van der Waals surface area contributed by atoms with Crippen molar-refractivity contribution < 1.29 is 19.0 Å². The Labute approximate surface area is 170 Å². The molecule has 154 valence electrons.